The molecule has 0 atom stereocenters. The molecule has 162 valence electrons. The first kappa shape index (κ1) is 22.0. The SMILES string of the molecule is CC(=O)c1ccc(-n2cc(OC(=O)O)c(N(C(=O)[C@H]3CC[C@H](C)CC3)C(C)C)n2)s1. The Morgan fingerprint density at radius 2 is 1.90 bits per heavy atom. The summed E-state index contributed by atoms with van der Waals surface area (Å²) < 4.78 is 6.42. The van der Waals surface area contributed by atoms with Crippen molar-refractivity contribution in [2.24, 2.45) is 11.8 Å². The smallest absolute Gasteiger partial charge is 0.449 e. The minimum atomic E-state index is -1.48. The summed E-state index contributed by atoms with van der Waals surface area (Å²) in [6.45, 7) is 7.41. The molecule has 8 nitrogen and oxygen atoms in total. The van der Waals surface area contributed by atoms with E-state index in [4.69, 9.17) is 4.74 Å². The summed E-state index contributed by atoms with van der Waals surface area (Å²) >= 11 is 1.24. The molecule has 0 unspecified atom stereocenters. The number of rotatable bonds is 6. The number of carboxylic acid groups (broad SMARTS) is 1. The van der Waals surface area contributed by atoms with E-state index < -0.39 is 6.16 Å². The zero-order valence-electron chi connectivity index (χ0n) is 17.6. The second kappa shape index (κ2) is 8.99. The molecule has 9 heteroatoms. The average Bonchev–Trinajstić information content (AvgIpc) is 3.29. The van der Waals surface area contributed by atoms with Gasteiger partial charge in [-0.15, -0.1) is 16.4 Å². The lowest BCUT2D eigenvalue weighted by molar-refractivity contribution is -0.124. The largest absolute Gasteiger partial charge is 0.511 e. The van der Waals surface area contributed by atoms with E-state index in [1.165, 1.54) is 34.0 Å². The Balaban J connectivity index is 1.99. The first-order chi connectivity index (χ1) is 14.2. The maximum atomic E-state index is 13.4. The average molecular weight is 434 g/mol. The minimum Gasteiger partial charge on any atom is -0.449 e. The van der Waals surface area contributed by atoms with Crippen LogP contribution in [-0.4, -0.2) is 38.8 Å². The molecule has 1 N–H and O–H groups in total. The van der Waals surface area contributed by atoms with E-state index in [1.807, 2.05) is 13.8 Å². The van der Waals surface area contributed by atoms with Crippen molar-refractivity contribution in [1.29, 1.82) is 0 Å². The number of anilines is 1. The molecule has 0 saturated heterocycles. The van der Waals surface area contributed by atoms with Crippen molar-refractivity contribution in [3.63, 3.8) is 0 Å². The molecule has 1 saturated carbocycles. The van der Waals surface area contributed by atoms with E-state index in [0.29, 0.717) is 15.8 Å². The normalized spacial score (nSPS) is 19.0. The van der Waals surface area contributed by atoms with Crippen molar-refractivity contribution >= 4 is 35.0 Å². The van der Waals surface area contributed by atoms with E-state index in [1.54, 1.807) is 12.1 Å². The number of Topliss-reactive ketones (excluding diaryl/α,β-unsaturated/α-hetero) is 1. The summed E-state index contributed by atoms with van der Waals surface area (Å²) in [5.41, 5.74) is 0. The van der Waals surface area contributed by atoms with Gasteiger partial charge in [-0.05, 0) is 64.5 Å². The Morgan fingerprint density at radius 1 is 1.23 bits per heavy atom. The molecule has 0 radical (unpaired) electrons. The van der Waals surface area contributed by atoms with Crippen LogP contribution in [0, 0.1) is 11.8 Å². The lowest BCUT2D eigenvalue weighted by Crippen LogP contribution is -2.42. The molecule has 1 aliphatic carbocycles. The maximum Gasteiger partial charge on any atom is 0.511 e. The van der Waals surface area contributed by atoms with Crippen molar-refractivity contribution in [3.8, 4) is 10.8 Å². The molecule has 2 aromatic heterocycles. The minimum absolute atomic E-state index is 0.00787. The second-order valence-electron chi connectivity index (χ2n) is 8.08. The van der Waals surface area contributed by atoms with Gasteiger partial charge in [0, 0.05) is 12.0 Å². The topological polar surface area (TPSA) is 102 Å². The van der Waals surface area contributed by atoms with Gasteiger partial charge in [0.05, 0.1) is 11.1 Å². The van der Waals surface area contributed by atoms with Crippen molar-refractivity contribution in [1.82, 2.24) is 9.78 Å². The Kier molecular flexibility index (Phi) is 6.60. The summed E-state index contributed by atoms with van der Waals surface area (Å²) in [5.74, 6) is 0.540. The number of ketones is 1. The Morgan fingerprint density at radius 3 is 2.43 bits per heavy atom. The predicted octanol–water partition coefficient (Wildman–Crippen LogP) is 4.76. The number of nitrogens with zero attached hydrogens (tertiary/aromatic N) is 3. The van der Waals surface area contributed by atoms with Gasteiger partial charge < -0.3 is 9.84 Å². The fourth-order valence-electron chi connectivity index (χ4n) is 3.74. The van der Waals surface area contributed by atoms with Gasteiger partial charge in [-0.3, -0.25) is 14.5 Å². The van der Waals surface area contributed by atoms with Gasteiger partial charge in [-0.1, -0.05) is 6.92 Å². The van der Waals surface area contributed by atoms with E-state index in [-0.39, 0.29) is 35.2 Å². The van der Waals surface area contributed by atoms with Crippen LogP contribution in [0.25, 0.3) is 5.00 Å². The summed E-state index contributed by atoms with van der Waals surface area (Å²) in [6.07, 6.45) is 3.58. The van der Waals surface area contributed by atoms with Crippen LogP contribution in [0.4, 0.5) is 10.6 Å². The van der Waals surface area contributed by atoms with Crippen molar-refractivity contribution in [3.05, 3.63) is 23.2 Å². The van der Waals surface area contributed by atoms with Gasteiger partial charge in [0.1, 0.15) is 5.00 Å². The Labute approximate surface area is 179 Å². The number of ether oxygens (including phenoxy) is 1. The second-order valence-corrected chi connectivity index (χ2v) is 9.14. The number of hydrogen-bond acceptors (Lipinski definition) is 6. The molecular weight excluding hydrogens is 406 g/mol. The molecular formula is C21H27N3O5S. The third-order valence-electron chi connectivity index (χ3n) is 5.37. The van der Waals surface area contributed by atoms with Gasteiger partial charge in [0.25, 0.3) is 0 Å². The van der Waals surface area contributed by atoms with Crippen LogP contribution in [0.15, 0.2) is 18.3 Å². The highest BCUT2D eigenvalue weighted by molar-refractivity contribution is 7.16. The summed E-state index contributed by atoms with van der Waals surface area (Å²) in [4.78, 5) is 38.3. The van der Waals surface area contributed by atoms with Crippen molar-refractivity contribution < 1.29 is 24.2 Å². The number of carbonyl (C=O) groups is 3. The summed E-state index contributed by atoms with van der Waals surface area (Å²) in [7, 11) is 0. The van der Waals surface area contributed by atoms with Gasteiger partial charge in [-0.2, -0.15) is 0 Å². The van der Waals surface area contributed by atoms with Gasteiger partial charge in [-0.25, -0.2) is 9.48 Å². The van der Waals surface area contributed by atoms with E-state index in [9.17, 15) is 19.5 Å². The molecule has 1 aliphatic rings. The van der Waals surface area contributed by atoms with Crippen LogP contribution >= 0.6 is 11.3 Å². The molecule has 0 aliphatic heterocycles. The molecule has 2 aromatic rings. The van der Waals surface area contributed by atoms with Crippen LogP contribution < -0.4 is 9.64 Å². The highest BCUT2D eigenvalue weighted by Crippen LogP contribution is 2.36. The van der Waals surface area contributed by atoms with E-state index in [2.05, 4.69) is 12.0 Å². The van der Waals surface area contributed by atoms with Crippen LogP contribution in [0.2, 0.25) is 0 Å². The lowest BCUT2D eigenvalue weighted by Gasteiger charge is -2.32. The summed E-state index contributed by atoms with van der Waals surface area (Å²) in [6, 6.07) is 3.19. The molecule has 1 fully saturated rings. The molecule has 2 heterocycles. The zero-order valence-corrected chi connectivity index (χ0v) is 18.4. The number of hydrogen-bond donors (Lipinski definition) is 1. The predicted molar refractivity (Wildman–Crippen MR) is 114 cm³/mol. The van der Waals surface area contributed by atoms with Crippen LogP contribution in [-0.2, 0) is 4.79 Å². The molecule has 3 rings (SSSR count). The highest BCUT2D eigenvalue weighted by atomic mass is 32.1. The molecule has 0 bridgehead atoms. The zero-order chi connectivity index (χ0) is 22.0. The number of aromatic nitrogens is 2. The fraction of sp³-hybridized carbons (Fsp3) is 0.524. The van der Waals surface area contributed by atoms with Crippen molar-refractivity contribution in [2.75, 3.05) is 4.90 Å². The lowest BCUT2D eigenvalue weighted by atomic mass is 9.82. The number of thiophene rings is 1. The van der Waals surface area contributed by atoms with Crippen LogP contribution in [0.1, 0.15) is 63.0 Å². The Hall–Kier alpha value is -2.68. The van der Waals surface area contributed by atoms with E-state index in [0.717, 1.165) is 25.7 Å². The number of amides is 1. The molecule has 0 aromatic carbocycles. The first-order valence-corrected chi connectivity index (χ1v) is 10.9. The summed E-state index contributed by atoms with van der Waals surface area (Å²) in [5, 5.41) is 14.3. The molecule has 30 heavy (non-hydrogen) atoms. The van der Waals surface area contributed by atoms with Crippen LogP contribution in [0.3, 0.4) is 0 Å². The first-order valence-electron chi connectivity index (χ1n) is 10.1. The monoisotopic (exact) mass is 433 g/mol. The number of carbonyl (C=O) groups excluding carboxylic acids is 2. The van der Waals surface area contributed by atoms with Crippen LogP contribution in [0.5, 0.6) is 5.75 Å². The third-order valence-corrected chi connectivity index (χ3v) is 6.55. The van der Waals surface area contributed by atoms with Gasteiger partial charge in [0.15, 0.2) is 11.5 Å². The molecule has 1 amide bonds. The van der Waals surface area contributed by atoms with E-state index >= 15 is 0 Å². The maximum absolute atomic E-state index is 13.4. The quantitative estimate of drug-likeness (QED) is 0.520. The molecule has 0 spiro atoms. The fourth-order valence-corrected chi connectivity index (χ4v) is 4.57. The third kappa shape index (κ3) is 4.72. The van der Waals surface area contributed by atoms with Gasteiger partial charge in [0.2, 0.25) is 11.7 Å². The highest BCUT2D eigenvalue weighted by Gasteiger charge is 2.34. The Bertz CT molecular complexity index is 940. The van der Waals surface area contributed by atoms with Gasteiger partial charge >= 0.3 is 6.16 Å². The van der Waals surface area contributed by atoms with Crippen molar-refractivity contribution in [2.45, 2.75) is 59.4 Å². The standard InChI is InChI=1S/C21H27N3O5S/c1-12(2)24(20(26)15-7-5-13(3)6-8-15)19-16(29-21(27)28)11-23(22-19)18-10-9-17(30-18)14(4)25/h9-13,15H,5-8H2,1-4H3,(H,27,28)/t13-,15-.